The van der Waals surface area contributed by atoms with Gasteiger partial charge in [0.15, 0.2) is 0 Å². The van der Waals surface area contributed by atoms with E-state index in [1.165, 1.54) is 0 Å². The Kier molecular flexibility index (Phi) is 2.53. The van der Waals surface area contributed by atoms with Crippen molar-refractivity contribution < 1.29 is 9.59 Å². The molecule has 0 spiro atoms. The van der Waals surface area contributed by atoms with Crippen molar-refractivity contribution in [2.75, 3.05) is 0 Å². The van der Waals surface area contributed by atoms with Crippen LogP contribution >= 0.6 is 22.6 Å². The summed E-state index contributed by atoms with van der Waals surface area (Å²) in [7, 11) is 0. The second-order valence-electron chi connectivity index (χ2n) is 3.11. The van der Waals surface area contributed by atoms with Crippen molar-refractivity contribution in [1.29, 1.82) is 0 Å². The van der Waals surface area contributed by atoms with E-state index in [0.29, 0.717) is 12.8 Å². The molecule has 5 nitrogen and oxygen atoms in total. The molecule has 2 heterocycles. The first-order valence-electron chi connectivity index (χ1n) is 4.20. The predicted molar refractivity (Wildman–Crippen MR) is 56.4 cm³/mol. The van der Waals surface area contributed by atoms with E-state index >= 15 is 0 Å². The third-order valence-electron chi connectivity index (χ3n) is 2.10. The molecular formula is C8H8IN3O2. The van der Waals surface area contributed by atoms with Crippen molar-refractivity contribution in [2.24, 2.45) is 0 Å². The summed E-state index contributed by atoms with van der Waals surface area (Å²) in [4.78, 5) is 22.3. The molecule has 1 aliphatic rings. The fourth-order valence-electron chi connectivity index (χ4n) is 1.42. The average molecular weight is 305 g/mol. The maximum atomic E-state index is 11.4. The van der Waals surface area contributed by atoms with Gasteiger partial charge >= 0.3 is 0 Å². The third kappa shape index (κ3) is 1.79. The number of imide groups is 1. The number of hydrogen-bond acceptors (Lipinski definition) is 3. The fraction of sp³-hybridized carbons (Fsp3) is 0.375. The van der Waals surface area contributed by atoms with E-state index in [4.69, 9.17) is 0 Å². The van der Waals surface area contributed by atoms with Gasteiger partial charge in [0, 0.05) is 12.6 Å². The van der Waals surface area contributed by atoms with E-state index in [2.05, 4.69) is 33.0 Å². The number of piperidine rings is 1. The van der Waals surface area contributed by atoms with E-state index in [9.17, 15) is 9.59 Å². The van der Waals surface area contributed by atoms with Crippen LogP contribution in [0.15, 0.2) is 12.4 Å². The first kappa shape index (κ1) is 9.63. The molecule has 0 saturated carbocycles. The first-order chi connectivity index (χ1) is 6.66. The lowest BCUT2D eigenvalue weighted by molar-refractivity contribution is -0.135. The lowest BCUT2D eigenvalue weighted by atomic mass is 10.1. The van der Waals surface area contributed by atoms with Crippen LogP contribution < -0.4 is 5.32 Å². The molecule has 0 aromatic carbocycles. The molecule has 1 aromatic heterocycles. The number of amides is 2. The van der Waals surface area contributed by atoms with Crippen LogP contribution in [0.4, 0.5) is 0 Å². The number of nitrogens with zero attached hydrogens (tertiary/aromatic N) is 2. The summed E-state index contributed by atoms with van der Waals surface area (Å²) >= 11 is 2.13. The second kappa shape index (κ2) is 3.68. The SMILES string of the molecule is O=C1CCC(n2cc(I)cn2)C(=O)N1. The number of carbonyl (C=O) groups excluding carboxylic acids is 2. The minimum Gasteiger partial charge on any atom is -0.295 e. The highest BCUT2D eigenvalue weighted by molar-refractivity contribution is 14.1. The van der Waals surface area contributed by atoms with Gasteiger partial charge in [0.2, 0.25) is 5.91 Å². The van der Waals surface area contributed by atoms with Crippen molar-refractivity contribution >= 4 is 34.4 Å². The lowest BCUT2D eigenvalue weighted by Gasteiger charge is -2.20. The van der Waals surface area contributed by atoms with Crippen LogP contribution in [0.1, 0.15) is 18.9 Å². The van der Waals surface area contributed by atoms with Crippen molar-refractivity contribution in [1.82, 2.24) is 15.1 Å². The molecule has 1 unspecified atom stereocenters. The molecule has 14 heavy (non-hydrogen) atoms. The summed E-state index contributed by atoms with van der Waals surface area (Å²) in [5, 5.41) is 6.35. The van der Waals surface area contributed by atoms with Gasteiger partial charge in [0.1, 0.15) is 6.04 Å². The Labute approximate surface area is 94.0 Å². The topological polar surface area (TPSA) is 64.0 Å². The zero-order chi connectivity index (χ0) is 10.1. The molecule has 0 aliphatic carbocycles. The molecule has 0 bridgehead atoms. The molecule has 1 saturated heterocycles. The highest BCUT2D eigenvalue weighted by Crippen LogP contribution is 2.18. The molecular weight excluding hydrogens is 297 g/mol. The lowest BCUT2D eigenvalue weighted by Crippen LogP contribution is -2.41. The second-order valence-corrected chi connectivity index (χ2v) is 4.35. The van der Waals surface area contributed by atoms with Gasteiger partial charge in [-0.3, -0.25) is 19.6 Å². The number of hydrogen-bond donors (Lipinski definition) is 1. The Morgan fingerprint density at radius 3 is 2.93 bits per heavy atom. The summed E-state index contributed by atoms with van der Waals surface area (Å²) in [6.45, 7) is 0. The standard InChI is InChI=1S/C8H8IN3O2/c9-5-3-10-12(4-5)6-1-2-7(13)11-8(6)14/h3-4,6H,1-2H2,(H,11,13,14). The van der Waals surface area contributed by atoms with E-state index in [0.717, 1.165) is 3.57 Å². The van der Waals surface area contributed by atoms with Gasteiger partial charge in [-0.2, -0.15) is 5.10 Å². The minimum atomic E-state index is -0.337. The summed E-state index contributed by atoms with van der Waals surface area (Å²) < 4.78 is 2.58. The molecule has 1 fully saturated rings. The largest absolute Gasteiger partial charge is 0.295 e. The molecule has 2 amide bonds. The van der Waals surface area contributed by atoms with Gasteiger partial charge in [0.05, 0.1) is 9.77 Å². The average Bonchev–Trinajstić information content (AvgIpc) is 2.51. The van der Waals surface area contributed by atoms with Crippen LogP contribution in [0.2, 0.25) is 0 Å². The summed E-state index contributed by atoms with van der Waals surface area (Å²) in [6, 6.07) is -0.337. The molecule has 1 atom stereocenters. The van der Waals surface area contributed by atoms with Crippen LogP contribution in [0.3, 0.4) is 0 Å². The van der Waals surface area contributed by atoms with Crippen LogP contribution in [0, 0.1) is 3.57 Å². The Morgan fingerprint density at radius 1 is 1.57 bits per heavy atom. The van der Waals surface area contributed by atoms with Gasteiger partial charge in [-0.15, -0.1) is 0 Å². The molecule has 1 aliphatic heterocycles. The fourth-order valence-corrected chi connectivity index (χ4v) is 1.83. The predicted octanol–water partition coefficient (Wildman–Crippen LogP) is 0.465. The minimum absolute atomic E-state index is 0.201. The van der Waals surface area contributed by atoms with Crippen molar-refractivity contribution in [3.05, 3.63) is 16.0 Å². The van der Waals surface area contributed by atoms with Crippen molar-refractivity contribution in [3.8, 4) is 0 Å². The molecule has 1 N–H and O–H groups in total. The smallest absolute Gasteiger partial charge is 0.251 e. The number of nitrogens with one attached hydrogen (secondary N) is 1. The molecule has 1 aromatic rings. The van der Waals surface area contributed by atoms with Gasteiger partial charge in [-0.05, 0) is 29.0 Å². The third-order valence-corrected chi connectivity index (χ3v) is 2.66. The first-order valence-corrected chi connectivity index (χ1v) is 5.28. The molecule has 2 rings (SSSR count). The van der Waals surface area contributed by atoms with Gasteiger partial charge in [-0.25, -0.2) is 0 Å². The van der Waals surface area contributed by atoms with E-state index in [-0.39, 0.29) is 17.9 Å². The van der Waals surface area contributed by atoms with Crippen LogP contribution in [-0.4, -0.2) is 21.6 Å². The molecule has 74 valence electrons. The van der Waals surface area contributed by atoms with Crippen molar-refractivity contribution in [3.63, 3.8) is 0 Å². The zero-order valence-corrected chi connectivity index (χ0v) is 9.39. The van der Waals surface area contributed by atoms with E-state index in [1.54, 1.807) is 17.1 Å². The number of rotatable bonds is 1. The van der Waals surface area contributed by atoms with E-state index in [1.807, 2.05) is 0 Å². The Balaban J connectivity index is 2.19. The Morgan fingerprint density at radius 2 is 2.36 bits per heavy atom. The number of halogens is 1. The molecule has 0 radical (unpaired) electrons. The highest BCUT2D eigenvalue weighted by Gasteiger charge is 2.28. The molecule has 6 heteroatoms. The summed E-state index contributed by atoms with van der Waals surface area (Å²) in [5.74, 6) is -0.464. The van der Waals surface area contributed by atoms with Gasteiger partial charge in [0.25, 0.3) is 5.91 Å². The quantitative estimate of drug-likeness (QED) is 0.606. The van der Waals surface area contributed by atoms with Crippen molar-refractivity contribution in [2.45, 2.75) is 18.9 Å². The Hall–Kier alpha value is -0.920. The number of aromatic nitrogens is 2. The van der Waals surface area contributed by atoms with Crippen LogP contribution in [0.5, 0.6) is 0 Å². The summed E-state index contributed by atoms with van der Waals surface area (Å²) in [6.07, 6.45) is 4.39. The maximum Gasteiger partial charge on any atom is 0.251 e. The zero-order valence-electron chi connectivity index (χ0n) is 7.24. The normalized spacial score (nSPS) is 22.2. The summed E-state index contributed by atoms with van der Waals surface area (Å²) in [5.41, 5.74) is 0. The monoisotopic (exact) mass is 305 g/mol. The van der Waals surface area contributed by atoms with Crippen LogP contribution in [-0.2, 0) is 9.59 Å². The van der Waals surface area contributed by atoms with Gasteiger partial charge in [-0.1, -0.05) is 0 Å². The highest BCUT2D eigenvalue weighted by atomic mass is 127. The maximum absolute atomic E-state index is 11.4. The van der Waals surface area contributed by atoms with Gasteiger partial charge < -0.3 is 0 Å². The number of carbonyl (C=O) groups is 2. The van der Waals surface area contributed by atoms with Crippen LogP contribution in [0.25, 0.3) is 0 Å². The van der Waals surface area contributed by atoms with E-state index < -0.39 is 0 Å². The Bertz CT molecular complexity index is 388.